The van der Waals surface area contributed by atoms with Crippen LogP contribution in [-0.4, -0.2) is 29.3 Å². The van der Waals surface area contributed by atoms with Crippen LogP contribution in [0.5, 0.6) is 0 Å². The first-order valence-corrected chi connectivity index (χ1v) is 3.96. The van der Waals surface area contributed by atoms with Crippen molar-refractivity contribution in [3.05, 3.63) is 0 Å². The molecule has 0 spiro atoms. The van der Waals surface area contributed by atoms with Gasteiger partial charge in [0.2, 0.25) is 5.91 Å². The van der Waals surface area contributed by atoms with Gasteiger partial charge in [-0.3, -0.25) is 4.79 Å². The molecule has 0 aliphatic rings. The number of carbonyl (C=O) groups is 1. The van der Waals surface area contributed by atoms with Crippen molar-refractivity contribution in [2.75, 3.05) is 12.4 Å². The van der Waals surface area contributed by atoms with Crippen LogP contribution in [0, 0.1) is 0 Å². The van der Waals surface area contributed by atoms with E-state index in [4.69, 9.17) is 11.6 Å². The lowest BCUT2D eigenvalue weighted by Crippen LogP contribution is -2.36. The van der Waals surface area contributed by atoms with E-state index in [1.165, 1.54) is 0 Å². The molecule has 3 heteroatoms. The highest BCUT2D eigenvalue weighted by Crippen LogP contribution is 1.98. The van der Waals surface area contributed by atoms with E-state index in [-0.39, 0.29) is 11.9 Å². The van der Waals surface area contributed by atoms with E-state index >= 15 is 0 Å². The summed E-state index contributed by atoms with van der Waals surface area (Å²) < 4.78 is 0. The molecule has 0 aromatic carbocycles. The lowest BCUT2D eigenvalue weighted by atomic mass is 10.3. The number of hydrogen-bond donors (Lipinski definition) is 0. The number of carbonyl (C=O) groups excluding carboxylic acids is 1. The summed E-state index contributed by atoms with van der Waals surface area (Å²) >= 11 is 5.49. The normalized spacial score (nSPS) is 10.1. The molecule has 0 unspecified atom stereocenters. The Bertz CT molecular complexity index is 114. The van der Waals surface area contributed by atoms with Crippen molar-refractivity contribution < 1.29 is 4.79 Å². The van der Waals surface area contributed by atoms with Crippen LogP contribution < -0.4 is 0 Å². The molecule has 0 saturated carbocycles. The van der Waals surface area contributed by atoms with Gasteiger partial charge in [-0.2, -0.15) is 0 Å². The number of amides is 1. The molecule has 0 aromatic heterocycles. The van der Waals surface area contributed by atoms with Crippen LogP contribution in [0.15, 0.2) is 0 Å². The zero-order valence-electron chi connectivity index (χ0n) is 6.72. The highest BCUT2D eigenvalue weighted by Gasteiger charge is 2.10. The molecule has 0 N–H and O–H groups in total. The van der Waals surface area contributed by atoms with E-state index in [1.807, 2.05) is 13.8 Å². The number of nitrogens with zero attached hydrogens (tertiary/aromatic N) is 1. The van der Waals surface area contributed by atoms with Crippen LogP contribution in [0.4, 0.5) is 0 Å². The lowest BCUT2D eigenvalue weighted by molar-refractivity contribution is -0.130. The van der Waals surface area contributed by atoms with Crippen LogP contribution in [0.2, 0.25) is 0 Å². The van der Waals surface area contributed by atoms with E-state index in [2.05, 4.69) is 0 Å². The van der Waals surface area contributed by atoms with Crippen LogP contribution in [0.1, 0.15) is 20.8 Å². The largest absolute Gasteiger partial charge is 0.339 e. The average Bonchev–Trinajstić information content (AvgIpc) is 1.81. The van der Waals surface area contributed by atoms with E-state index in [0.29, 0.717) is 12.4 Å². The minimum Gasteiger partial charge on any atom is -0.339 e. The average molecular weight is 164 g/mol. The maximum absolute atomic E-state index is 10.8. The molecule has 0 saturated heterocycles. The zero-order valence-corrected chi connectivity index (χ0v) is 7.48. The lowest BCUT2D eigenvalue weighted by Gasteiger charge is -2.23. The van der Waals surface area contributed by atoms with Gasteiger partial charge in [-0.05, 0) is 13.8 Å². The molecule has 0 heterocycles. The summed E-state index contributed by atoms with van der Waals surface area (Å²) in [4.78, 5) is 12.6. The van der Waals surface area contributed by atoms with Crippen LogP contribution in [-0.2, 0) is 4.79 Å². The Kier molecular flexibility index (Phi) is 4.45. The first-order chi connectivity index (χ1) is 4.59. The third kappa shape index (κ3) is 3.06. The Labute approximate surface area is 67.2 Å². The second-order valence-corrected chi connectivity index (χ2v) is 2.87. The molecule has 10 heavy (non-hydrogen) atoms. The highest BCUT2D eigenvalue weighted by atomic mass is 35.5. The molecule has 0 fully saturated rings. The Balaban J connectivity index is 3.85. The molecule has 0 bridgehead atoms. The third-order valence-electron chi connectivity index (χ3n) is 1.35. The SMILES string of the molecule is CC(=O)N(CCCl)C(C)C. The monoisotopic (exact) mass is 163 g/mol. The van der Waals surface area contributed by atoms with Gasteiger partial charge in [0.1, 0.15) is 0 Å². The van der Waals surface area contributed by atoms with Gasteiger partial charge in [-0.1, -0.05) is 0 Å². The van der Waals surface area contributed by atoms with Crippen molar-refractivity contribution in [2.45, 2.75) is 26.8 Å². The Morgan fingerprint density at radius 3 is 2.20 bits per heavy atom. The topological polar surface area (TPSA) is 20.3 Å². The van der Waals surface area contributed by atoms with Crippen molar-refractivity contribution in [3.8, 4) is 0 Å². The van der Waals surface area contributed by atoms with Gasteiger partial charge in [0.15, 0.2) is 0 Å². The Morgan fingerprint density at radius 1 is 1.60 bits per heavy atom. The molecular formula is C7H14ClNO. The number of halogens is 1. The van der Waals surface area contributed by atoms with Crippen molar-refractivity contribution in [1.82, 2.24) is 4.90 Å². The van der Waals surface area contributed by atoms with Crippen LogP contribution in [0.3, 0.4) is 0 Å². The highest BCUT2D eigenvalue weighted by molar-refractivity contribution is 6.18. The summed E-state index contributed by atoms with van der Waals surface area (Å²) in [6, 6.07) is 0.260. The molecule has 0 aromatic rings. The van der Waals surface area contributed by atoms with Gasteiger partial charge in [0, 0.05) is 25.4 Å². The predicted octanol–water partition coefficient (Wildman–Crippen LogP) is 1.48. The first-order valence-electron chi connectivity index (χ1n) is 3.42. The minimum absolute atomic E-state index is 0.0932. The summed E-state index contributed by atoms with van der Waals surface area (Å²) in [5.74, 6) is 0.605. The van der Waals surface area contributed by atoms with Crippen molar-refractivity contribution in [1.29, 1.82) is 0 Å². The fraction of sp³-hybridized carbons (Fsp3) is 0.857. The molecule has 0 radical (unpaired) electrons. The third-order valence-corrected chi connectivity index (χ3v) is 1.52. The van der Waals surface area contributed by atoms with E-state index in [1.54, 1.807) is 11.8 Å². The van der Waals surface area contributed by atoms with Crippen molar-refractivity contribution in [2.24, 2.45) is 0 Å². The van der Waals surface area contributed by atoms with Gasteiger partial charge < -0.3 is 4.90 Å². The van der Waals surface area contributed by atoms with E-state index in [9.17, 15) is 4.79 Å². The standard InChI is InChI=1S/C7H14ClNO/c1-6(2)9(5-4-8)7(3)10/h6H,4-5H2,1-3H3. The zero-order chi connectivity index (χ0) is 8.15. The molecule has 1 amide bonds. The molecule has 0 atom stereocenters. The summed E-state index contributed by atoms with van der Waals surface area (Å²) in [5.41, 5.74) is 0. The van der Waals surface area contributed by atoms with Gasteiger partial charge in [-0.25, -0.2) is 0 Å². The maximum atomic E-state index is 10.8. The molecular weight excluding hydrogens is 150 g/mol. The van der Waals surface area contributed by atoms with E-state index in [0.717, 1.165) is 0 Å². The first kappa shape index (κ1) is 9.76. The van der Waals surface area contributed by atoms with Crippen molar-refractivity contribution >= 4 is 17.5 Å². The number of hydrogen-bond acceptors (Lipinski definition) is 1. The molecule has 0 aliphatic heterocycles. The van der Waals surface area contributed by atoms with Gasteiger partial charge in [0.25, 0.3) is 0 Å². The Morgan fingerprint density at radius 2 is 2.10 bits per heavy atom. The fourth-order valence-electron chi connectivity index (χ4n) is 0.870. The van der Waals surface area contributed by atoms with E-state index < -0.39 is 0 Å². The minimum atomic E-state index is 0.0932. The Hall–Kier alpha value is -0.240. The van der Waals surface area contributed by atoms with Gasteiger partial charge >= 0.3 is 0 Å². The summed E-state index contributed by atoms with van der Waals surface area (Å²) in [6.45, 7) is 6.17. The van der Waals surface area contributed by atoms with Crippen molar-refractivity contribution in [3.63, 3.8) is 0 Å². The maximum Gasteiger partial charge on any atom is 0.219 e. The number of rotatable bonds is 3. The van der Waals surface area contributed by atoms with Gasteiger partial charge in [0.05, 0.1) is 0 Å². The summed E-state index contributed by atoms with van der Waals surface area (Å²) in [7, 11) is 0. The fourth-order valence-corrected chi connectivity index (χ4v) is 1.05. The summed E-state index contributed by atoms with van der Waals surface area (Å²) in [5, 5.41) is 0. The quantitative estimate of drug-likeness (QED) is 0.578. The van der Waals surface area contributed by atoms with Crippen LogP contribution >= 0.6 is 11.6 Å². The summed E-state index contributed by atoms with van der Waals surface area (Å²) in [6.07, 6.45) is 0. The number of alkyl halides is 1. The second kappa shape index (κ2) is 4.56. The van der Waals surface area contributed by atoms with Gasteiger partial charge in [-0.15, -0.1) is 11.6 Å². The van der Waals surface area contributed by atoms with Crippen LogP contribution in [0.25, 0.3) is 0 Å². The molecule has 60 valence electrons. The molecule has 0 aliphatic carbocycles. The predicted molar refractivity (Wildman–Crippen MR) is 43.2 cm³/mol. The molecule has 2 nitrogen and oxygen atoms in total. The second-order valence-electron chi connectivity index (χ2n) is 2.50. The smallest absolute Gasteiger partial charge is 0.219 e. The molecule has 0 rings (SSSR count).